The molecule has 2 N–H and O–H groups in total. The lowest BCUT2D eigenvalue weighted by atomic mass is 9.92. The minimum Gasteiger partial charge on any atom is -0.383 e. The highest BCUT2D eigenvalue weighted by Gasteiger charge is 2.28. The van der Waals surface area contributed by atoms with Crippen LogP contribution in [0.4, 0.5) is 10.2 Å². The fraction of sp³-hybridized carbons (Fsp3) is 0.400. The van der Waals surface area contributed by atoms with Crippen molar-refractivity contribution in [2.24, 2.45) is 7.05 Å². The SMILES string of the molecule is Cn1nc(C2CCCOC2)c(-c2c(F)cccc2Cl)c1N. The number of hydrogen-bond donors (Lipinski definition) is 1. The summed E-state index contributed by atoms with van der Waals surface area (Å²) < 4.78 is 21.4. The summed E-state index contributed by atoms with van der Waals surface area (Å²) >= 11 is 6.19. The Morgan fingerprint density at radius 3 is 2.90 bits per heavy atom. The topological polar surface area (TPSA) is 53.1 Å². The number of halogens is 2. The molecule has 4 nitrogen and oxygen atoms in total. The summed E-state index contributed by atoms with van der Waals surface area (Å²) in [4.78, 5) is 0. The highest BCUT2D eigenvalue weighted by molar-refractivity contribution is 6.33. The number of benzene rings is 1. The van der Waals surface area contributed by atoms with Crippen molar-refractivity contribution in [3.8, 4) is 11.1 Å². The molecule has 1 aliphatic rings. The quantitative estimate of drug-likeness (QED) is 0.925. The number of ether oxygens (including phenoxy) is 1. The van der Waals surface area contributed by atoms with Crippen molar-refractivity contribution in [1.29, 1.82) is 0 Å². The van der Waals surface area contributed by atoms with Gasteiger partial charge in [-0.25, -0.2) is 4.39 Å². The van der Waals surface area contributed by atoms with Crippen molar-refractivity contribution in [3.63, 3.8) is 0 Å². The molecule has 1 fully saturated rings. The molecule has 0 aliphatic carbocycles. The molecule has 6 heteroatoms. The van der Waals surface area contributed by atoms with Gasteiger partial charge >= 0.3 is 0 Å². The predicted molar refractivity (Wildman–Crippen MR) is 80.8 cm³/mol. The van der Waals surface area contributed by atoms with Gasteiger partial charge in [0.15, 0.2) is 0 Å². The van der Waals surface area contributed by atoms with E-state index in [-0.39, 0.29) is 11.7 Å². The van der Waals surface area contributed by atoms with E-state index in [2.05, 4.69) is 5.10 Å². The maximum atomic E-state index is 14.3. The summed E-state index contributed by atoms with van der Waals surface area (Å²) in [5.74, 6) is 0.149. The average molecular weight is 310 g/mol. The molecular weight excluding hydrogens is 293 g/mol. The predicted octanol–water partition coefficient (Wildman–Crippen LogP) is 3.36. The molecule has 112 valence electrons. The van der Waals surface area contributed by atoms with Crippen LogP contribution in [0.2, 0.25) is 5.02 Å². The normalized spacial score (nSPS) is 18.9. The van der Waals surface area contributed by atoms with Crippen molar-refractivity contribution in [2.45, 2.75) is 18.8 Å². The van der Waals surface area contributed by atoms with Crippen LogP contribution in [0.15, 0.2) is 18.2 Å². The number of hydrogen-bond acceptors (Lipinski definition) is 3. The van der Waals surface area contributed by atoms with E-state index in [4.69, 9.17) is 22.1 Å². The lowest BCUT2D eigenvalue weighted by Crippen LogP contribution is -2.16. The highest BCUT2D eigenvalue weighted by atomic mass is 35.5. The van der Waals surface area contributed by atoms with Crippen molar-refractivity contribution in [3.05, 3.63) is 34.7 Å². The number of nitrogens with two attached hydrogens (primary N) is 1. The molecule has 0 bridgehead atoms. The van der Waals surface area contributed by atoms with Crippen LogP contribution in [-0.2, 0) is 11.8 Å². The Hall–Kier alpha value is -1.59. The number of rotatable bonds is 2. The first-order valence-corrected chi connectivity index (χ1v) is 7.32. The van der Waals surface area contributed by atoms with Crippen LogP contribution >= 0.6 is 11.6 Å². The molecule has 0 saturated carbocycles. The Bertz CT molecular complexity index is 645. The van der Waals surface area contributed by atoms with Crippen molar-refractivity contribution in [2.75, 3.05) is 18.9 Å². The van der Waals surface area contributed by atoms with Crippen LogP contribution in [0, 0.1) is 5.82 Å². The first kappa shape index (κ1) is 14.4. The molecule has 1 aliphatic heterocycles. The average Bonchev–Trinajstić information content (AvgIpc) is 2.77. The molecular formula is C15H17ClFN3O. The van der Waals surface area contributed by atoms with Gasteiger partial charge in [0.1, 0.15) is 11.6 Å². The largest absolute Gasteiger partial charge is 0.383 e. The van der Waals surface area contributed by atoms with Gasteiger partial charge in [0.25, 0.3) is 0 Å². The van der Waals surface area contributed by atoms with Gasteiger partial charge in [-0.1, -0.05) is 17.7 Å². The van der Waals surface area contributed by atoms with Gasteiger partial charge in [0.05, 0.1) is 22.9 Å². The van der Waals surface area contributed by atoms with Crippen LogP contribution in [0.3, 0.4) is 0 Å². The first-order valence-electron chi connectivity index (χ1n) is 6.94. The molecule has 1 unspecified atom stereocenters. The van der Waals surface area contributed by atoms with Gasteiger partial charge in [0, 0.05) is 25.1 Å². The number of nitrogens with zero attached hydrogens (tertiary/aromatic N) is 2. The number of aryl methyl sites for hydroxylation is 1. The lowest BCUT2D eigenvalue weighted by molar-refractivity contribution is 0.0793. The second kappa shape index (κ2) is 5.66. The summed E-state index contributed by atoms with van der Waals surface area (Å²) in [6.45, 7) is 1.34. The third-order valence-corrected chi connectivity index (χ3v) is 4.19. The number of aromatic nitrogens is 2. The second-order valence-electron chi connectivity index (χ2n) is 5.28. The van der Waals surface area contributed by atoms with E-state index in [9.17, 15) is 4.39 Å². The van der Waals surface area contributed by atoms with E-state index in [1.165, 1.54) is 6.07 Å². The third-order valence-electron chi connectivity index (χ3n) is 3.88. The Labute approximate surface area is 127 Å². The Morgan fingerprint density at radius 1 is 1.43 bits per heavy atom. The summed E-state index contributed by atoms with van der Waals surface area (Å²) in [5, 5.41) is 4.82. The highest BCUT2D eigenvalue weighted by Crippen LogP contribution is 2.40. The number of nitrogen functional groups attached to an aromatic ring is 1. The van der Waals surface area contributed by atoms with Crippen molar-refractivity contribution < 1.29 is 9.13 Å². The lowest BCUT2D eigenvalue weighted by Gasteiger charge is -2.21. The van der Waals surface area contributed by atoms with E-state index in [1.54, 1.807) is 23.9 Å². The zero-order valence-corrected chi connectivity index (χ0v) is 12.5. The monoisotopic (exact) mass is 309 g/mol. The fourth-order valence-electron chi connectivity index (χ4n) is 2.79. The third kappa shape index (κ3) is 2.51. The Balaban J connectivity index is 2.17. The Kier molecular flexibility index (Phi) is 3.87. The molecule has 3 rings (SSSR count). The van der Waals surface area contributed by atoms with Crippen LogP contribution in [0.1, 0.15) is 24.5 Å². The van der Waals surface area contributed by atoms with Crippen LogP contribution in [-0.4, -0.2) is 23.0 Å². The summed E-state index contributed by atoms with van der Waals surface area (Å²) in [6.07, 6.45) is 1.92. The van der Waals surface area contributed by atoms with Gasteiger partial charge in [0.2, 0.25) is 0 Å². The second-order valence-corrected chi connectivity index (χ2v) is 5.69. The molecule has 1 aromatic heterocycles. The van der Waals surface area contributed by atoms with Crippen molar-refractivity contribution in [1.82, 2.24) is 9.78 Å². The first-order chi connectivity index (χ1) is 10.1. The van der Waals surface area contributed by atoms with Gasteiger partial charge in [-0.05, 0) is 25.0 Å². The minimum absolute atomic E-state index is 0.118. The zero-order chi connectivity index (χ0) is 15.0. The maximum absolute atomic E-state index is 14.3. The molecule has 1 aromatic carbocycles. The molecule has 1 saturated heterocycles. The molecule has 0 spiro atoms. The minimum atomic E-state index is -0.389. The molecule has 2 aromatic rings. The van der Waals surface area contributed by atoms with Gasteiger partial charge < -0.3 is 10.5 Å². The standard InChI is InChI=1S/C15H17ClFN3O/c1-20-15(18)13(12-10(16)5-2-6-11(12)17)14(19-20)9-4-3-7-21-8-9/h2,5-6,9H,3-4,7-8,18H2,1H3. The molecule has 1 atom stereocenters. The van der Waals surface area contributed by atoms with Crippen LogP contribution in [0.25, 0.3) is 11.1 Å². The molecule has 0 radical (unpaired) electrons. The Morgan fingerprint density at radius 2 is 2.24 bits per heavy atom. The van der Waals surface area contributed by atoms with E-state index in [0.717, 1.165) is 25.1 Å². The van der Waals surface area contributed by atoms with Gasteiger partial charge in [-0.15, -0.1) is 0 Å². The zero-order valence-electron chi connectivity index (χ0n) is 11.8. The molecule has 0 amide bonds. The van der Waals surface area contributed by atoms with Gasteiger partial charge in [-0.3, -0.25) is 4.68 Å². The van der Waals surface area contributed by atoms with E-state index in [1.807, 2.05) is 0 Å². The van der Waals surface area contributed by atoms with E-state index < -0.39 is 0 Å². The smallest absolute Gasteiger partial charge is 0.132 e. The summed E-state index contributed by atoms with van der Waals surface area (Å²) in [6, 6.07) is 4.62. The molecule has 2 heterocycles. The van der Waals surface area contributed by atoms with Crippen LogP contribution in [0.5, 0.6) is 0 Å². The maximum Gasteiger partial charge on any atom is 0.132 e. The van der Waals surface area contributed by atoms with E-state index >= 15 is 0 Å². The summed E-state index contributed by atoms with van der Waals surface area (Å²) in [5.41, 5.74) is 7.80. The van der Waals surface area contributed by atoms with Crippen molar-refractivity contribution >= 4 is 17.4 Å². The van der Waals surface area contributed by atoms with Crippen LogP contribution < -0.4 is 5.73 Å². The molecule has 21 heavy (non-hydrogen) atoms. The van der Waals surface area contributed by atoms with Gasteiger partial charge in [-0.2, -0.15) is 5.10 Å². The number of anilines is 1. The van der Waals surface area contributed by atoms with E-state index in [0.29, 0.717) is 28.6 Å². The summed E-state index contributed by atoms with van der Waals surface area (Å²) in [7, 11) is 1.75. The fourth-order valence-corrected chi connectivity index (χ4v) is 3.05.